The molecule has 1 heterocycles. The van der Waals surface area contributed by atoms with E-state index in [2.05, 4.69) is 5.32 Å². The SMILES string of the molecule is CC(C)(C)NC(=O)COC(=O)/C=C/c1ccc2c(c1)OCCO2. The van der Waals surface area contributed by atoms with Gasteiger partial charge in [0.1, 0.15) is 13.2 Å². The molecule has 1 aliphatic rings. The van der Waals surface area contributed by atoms with Gasteiger partial charge in [0.15, 0.2) is 18.1 Å². The zero-order chi connectivity index (χ0) is 16.9. The predicted molar refractivity (Wildman–Crippen MR) is 85.3 cm³/mol. The third-order valence-corrected chi connectivity index (χ3v) is 2.84. The highest BCUT2D eigenvalue weighted by molar-refractivity contribution is 5.89. The van der Waals surface area contributed by atoms with Gasteiger partial charge in [0, 0.05) is 11.6 Å². The van der Waals surface area contributed by atoms with Crippen LogP contribution in [0.2, 0.25) is 0 Å². The van der Waals surface area contributed by atoms with Crippen molar-refractivity contribution in [3.05, 3.63) is 29.8 Å². The van der Waals surface area contributed by atoms with Crippen LogP contribution < -0.4 is 14.8 Å². The first-order chi connectivity index (χ1) is 10.8. The smallest absolute Gasteiger partial charge is 0.331 e. The number of carbonyl (C=O) groups is 2. The minimum absolute atomic E-state index is 0.304. The van der Waals surface area contributed by atoms with Crippen molar-refractivity contribution in [1.82, 2.24) is 5.32 Å². The molecule has 0 unspecified atom stereocenters. The number of amides is 1. The predicted octanol–water partition coefficient (Wildman–Crippen LogP) is 1.93. The molecule has 0 fully saturated rings. The lowest BCUT2D eigenvalue weighted by atomic mass is 10.1. The Morgan fingerprint density at radius 3 is 2.61 bits per heavy atom. The van der Waals surface area contributed by atoms with Crippen LogP contribution in [0.1, 0.15) is 26.3 Å². The van der Waals surface area contributed by atoms with Gasteiger partial charge in [-0.25, -0.2) is 4.79 Å². The van der Waals surface area contributed by atoms with Gasteiger partial charge in [-0.2, -0.15) is 0 Å². The number of esters is 1. The highest BCUT2D eigenvalue weighted by Gasteiger charge is 2.14. The van der Waals surface area contributed by atoms with E-state index in [1.807, 2.05) is 26.8 Å². The highest BCUT2D eigenvalue weighted by Crippen LogP contribution is 2.31. The maximum absolute atomic E-state index is 11.6. The Balaban J connectivity index is 1.85. The molecule has 1 N–H and O–H groups in total. The van der Waals surface area contributed by atoms with E-state index in [1.54, 1.807) is 18.2 Å². The molecule has 0 aromatic heterocycles. The van der Waals surface area contributed by atoms with Gasteiger partial charge in [-0.15, -0.1) is 0 Å². The van der Waals surface area contributed by atoms with Crippen molar-refractivity contribution in [2.45, 2.75) is 26.3 Å². The fourth-order valence-electron chi connectivity index (χ4n) is 1.97. The Labute approximate surface area is 135 Å². The minimum atomic E-state index is -0.580. The van der Waals surface area contributed by atoms with Crippen LogP contribution in [0.3, 0.4) is 0 Å². The first-order valence-electron chi connectivity index (χ1n) is 7.39. The van der Waals surface area contributed by atoms with Crippen molar-refractivity contribution >= 4 is 18.0 Å². The highest BCUT2D eigenvalue weighted by atomic mass is 16.6. The first-order valence-corrected chi connectivity index (χ1v) is 7.39. The molecule has 0 aliphatic carbocycles. The zero-order valence-corrected chi connectivity index (χ0v) is 13.5. The van der Waals surface area contributed by atoms with Gasteiger partial charge in [0.05, 0.1) is 0 Å². The molecular weight excluding hydrogens is 298 g/mol. The second-order valence-corrected chi connectivity index (χ2v) is 6.14. The Kier molecular flexibility index (Phi) is 5.26. The van der Waals surface area contributed by atoms with Crippen LogP contribution in [0.25, 0.3) is 6.08 Å². The standard InChI is InChI=1S/C17H21NO5/c1-17(2,3)18-15(19)11-23-16(20)7-5-12-4-6-13-14(10-12)22-9-8-21-13/h4-7,10H,8-9,11H2,1-3H3,(H,18,19)/b7-5+. The maximum atomic E-state index is 11.6. The van der Waals surface area contributed by atoms with Gasteiger partial charge in [-0.1, -0.05) is 6.07 Å². The van der Waals surface area contributed by atoms with Crippen molar-refractivity contribution in [2.24, 2.45) is 0 Å². The van der Waals surface area contributed by atoms with E-state index in [4.69, 9.17) is 14.2 Å². The largest absolute Gasteiger partial charge is 0.486 e. The molecule has 2 rings (SSSR count). The fourth-order valence-corrected chi connectivity index (χ4v) is 1.97. The molecule has 0 saturated carbocycles. The summed E-state index contributed by atoms with van der Waals surface area (Å²) < 4.78 is 15.8. The van der Waals surface area contributed by atoms with E-state index < -0.39 is 5.97 Å². The molecule has 0 saturated heterocycles. The number of carbonyl (C=O) groups excluding carboxylic acids is 2. The number of hydrogen-bond acceptors (Lipinski definition) is 5. The van der Waals surface area contributed by atoms with E-state index in [0.29, 0.717) is 24.7 Å². The van der Waals surface area contributed by atoms with Crippen molar-refractivity contribution in [3.8, 4) is 11.5 Å². The number of rotatable bonds is 4. The summed E-state index contributed by atoms with van der Waals surface area (Å²) >= 11 is 0. The van der Waals surface area contributed by atoms with Crippen molar-refractivity contribution in [2.75, 3.05) is 19.8 Å². The van der Waals surface area contributed by atoms with Crippen LogP contribution in [0.5, 0.6) is 11.5 Å². The Hall–Kier alpha value is -2.50. The average Bonchev–Trinajstić information content (AvgIpc) is 2.49. The molecule has 0 atom stereocenters. The van der Waals surface area contributed by atoms with Gasteiger partial charge in [0.25, 0.3) is 5.91 Å². The molecule has 0 bridgehead atoms. The van der Waals surface area contributed by atoms with Gasteiger partial charge < -0.3 is 19.5 Å². The minimum Gasteiger partial charge on any atom is -0.486 e. The molecule has 0 radical (unpaired) electrons. The summed E-state index contributed by atoms with van der Waals surface area (Å²) in [5.74, 6) is 0.425. The lowest BCUT2D eigenvalue weighted by molar-refractivity contribution is -0.144. The van der Waals surface area contributed by atoms with Crippen LogP contribution in [-0.4, -0.2) is 37.2 Å². The number of fused-ring (bicyclic) bond motifs is 1. The Bertz CT molecular complexity index is 616. The number of benzene rings is 1. The van der Waals surface area contributed by atoms with E-state index >= 15 is 0 Å². The van der Waals surface area contributed by atoms with Crippen LogP contribution in [-0.2, 0) is 14.3 Å². The van der Waals surface area contributed by atoms with Crippen LogP contribution in [0.15, 0.2) is 24.3 Å². The van der Waals surface area contributed by atoms with Gasteiger partial charge in [0.2, 0.25) is 0 Å². The lowest BCUT2D eigenvalue weighted by Crippen LogP contribution is -2.42. The maximum Gasteiger partial charge on any atom is 0.331 e. The third-order valence-electron chi connectivity index (χ3n) is 2.84. The number of hydrogen-bond donors (Lipinski definition) is 1. The number of nitrogens with one attached hydrogen (secondary N) is 1. The molecular formula is C17H21NO5. The van der Waals surface area contributed by atoms with E-state index in [-0.39, 0.29) is 18.1 Å². The molecule has 124 valence electrons. The summed E-state index contributed by atoms with van der Waals surface area (Å²) in [5.41, 5.74) is 0.426. The molecule has 1 aromatic rings. The van der Waals surface area contributed by atoms with E-state index in [9.17, 15) is 9.59 Å². The molecule has 23 heavy (non-hydrogen) atoms. The van der Waals surface area contributed by atoms with Crippen molar-refractivity contribution in [1.29, 1.82) is 0 Å². The normalized spacial score (nSPS) is 13.7. The first kappa shape index (κ1) is 16.9. The average molecular weight is 319 g/mol. The van der Waals surface area contributed by atoms with Gasteiger partial charge >= 0.3 is 5.97 Å². The molecule has 6 heteroatoms. The Morgan fingerprint density at radius 1 is 1.22 bits per heavy atom. The zero-order valence-electron chi connectivity index (χ0n) is 13.5. The Morgan fingerprint density at radius 2 is 1.91 bits per heavy atom. The summed E-state index contributed by atoms with van der Waals surface area (Å²) in [6.07, 6.45) is 2.87. The summed E-state index contributed by atoms with van der Waals surface area (Å²) in [4.78, 5) is 23.2. The quantitative estimate of drug-likeness (QED) is 0.678. The second kappa shape index (κ2) is 7.17. The second-order valence-electron chi connectivity index (χ2n) is 6.14. The molecule has 1 amide bonds. The van der Waals surface area contributed by atoms with Crippen molar-refractivity contribution < 1.29 is 23.8 Å². The summed E-state index contributed by atoms with van der Waals surface area (Å²) in [6.45, 7) is 6.30. The molecule has 1 aliphatic heterocycles. The molecule has 0 spiro atoms. The van der Waals surface area contributed by atoms with Gasteiger partial charge in [-0.05, 0) is 44.5 Å². The molecule has 1 aromatic carbocycles. The summed E-state index contributed by atoms with van der Waals surface area (Å²) in [6, 6.07) is 5.38. The van der Waals surface area contributed by atoms with Crippen LogP contribution >= 0.6 is 0 Å². The van der Waals surface area contributed by atoms with Crippen molar-refractivity contribution in [3.63, 3.8) is 0 Å². The number of ether oxygens (including phenoxy) is 3. The lowest BCUT2D eigenvalue weighted by Gasteiger charge is -2.20. The fraction of sp³-hybridized carbons (Fsp3) is 0.412. The topological polar surface area (TPSA) is 73.9 Å². The van der Waals surface area contributed by atoms with Crippen LogP contribution in [0, 0.1) is 0 Å². The monoisotopic (exact) mass is 319 g/mol. The summed E-state index contributed by atoms with van der Waals surface area (Å²) in [7, 11) is 0. The summed E-state index contributed by atoms with van der Waals surface area (Å²) in [5, 5.41) is 2.71. The molecule has 6 nitrogen and oxygen atoms in total. The van der Waals surface area contributed by atoms with E-state index in [0.717, 1.165) is 5.56 Å². The third kappa shape index (κ3) is 5.65. The van der Waals surface area contributed by atoms with Gasteiger partial charge in [-0.3, -0.25) is 4.79 Å². The van der Waals surface area contributed by atoms with Crippen LogP contribution in [0.4, 0.5) is 0 Å². The van der Waals surface area contributed by atoms with E-state index in [1.165, 1.54) is 6.08 Å².